The second kappa shape index (κ2) is 7.89. The van der Waals surface area contributed by atoms with Crippen LogP contribution in [0, 0.1) is 29.1 Å². The van der Waals surface area contributed by atoms with E-state index in [1.165, 1.54) is 0 Å². The molecule has 2 aromatic rings. The number of thiocarbonyl (C=S) groups is 1. The van der Waals surface area contributed by atoms with E-state index in [1.54, 1.807) is 0 Å². The van der Waals surface area contributed by atoms with Crippen molar-refractivity contribution in [3.8, 4) is 5.75 Å². The van der Waals surface area contributed by atoms with Gasteiger partial charge in [-0.05, 0) is 18.4 Å². The summed E-state index contributed by atoms with van der Waals surface area (Å²) in [6, 6.07) is 9.85. The molecule has 2 unspecified atom stereocenters. The molecule has 2 atom stereocenters. The van der Waals surface area contributed by atoms with E-state index in [1.807, 2.05) is 30.3 Å². The number of nitrogens with zero attached hydrogens (tertiary/aromatic N) is 1. The predicted octanol–water partition coefficient (Wildman–Crippen LogP) is 5.33. The van der Waals surface area contributed by atoms with Crippen molar-refractivity contribution in [1.82, 2.24) is 4.90 Å². The minimum absolute atomic E-state index is 0.0243. The van der Waals surface area contributed by atoms with Gasteiger partial charge in [-0.15, -0.1) is 0 Å². The Kier molecular flexibility index (Phi) is 5.46. The lowest BCUT2D eigenvalue weighted by molar-refractivity contribution is 0.0807. The van der Waals surface area contributed by atoms with Gasteiger partial charge in [-0.2, -0.15) is 8.78 Å². The minimum Gasteiger partial charge on any atom is -0.484 e. The van der Waals surface area contributed by atoms with Crippen LogP contribution in [-0.4, -0.2) is 28.1 Å². The van der Waals surface area contributed by atoms with Crippen LogP contribution in [0.15, 0.2) is 30.3 Å². The molecular formula is C21H18F5NOS. The van der Waals surface area contributed by atoms with Gasteiger partial charge in [0.15, 0.2) is 5.75 Å². The Balaban J connectivity index is 1.48. The first-order chi connectivity index (χ1) is 13.9. The average Bonchev–Trinajstić information content (AvgIpc) is 2.99. The molecule has 0 saturated carbocycles. The van der Waals surface area contributed by atoms with E-state index in [2.05, 4.69) is 4.90 Å². The number of halogens is 5. The Bertz CT molecular complexity index is 895. The molecule has 2 aliphatic rings. The fourth-order valence-electron chi connectivity index (χ4n) is 4.35. The van der Waals surface area contributed by atoms with Crippen LogP contribution < -0.4 is 4.74 Å². The molecule has 2 aliphatic heterocycles. The van der Waals surface area contributed by atoms with Crippen molar-refractivity contribution in [3.63, 3.8) is 0 Å². The summed E-state index contributed by atoms with van der Waals surface area (Å²) >= 11 is 5.63. The SMILES string of the molecule is Fc1c(F)c(F)c(OC2CC3CCC(C2)N3C(=S)Cc2ccccc2)c(F)c1F. The van der Waals surface area contributed by atoms with E-state index in [0.717, 1.165) is 23.4 Å². The molecule has 0 aromatic heterocycles. The number of benzene rings is 2. The highest BCUT2D eigenvalue weighted by atomic mass is 32.1. The molecule has 29 heavy (non-hydrogen) atoms. The van der Waals surface area contributed by atoms with E-state index >= 15 is 0 Å². The van der Waals surface area contributed by atoms with Gasteiger partial charge in [0.25, 0.3) is 0 Å². The Morgan fingerprint density at radius 1 is 0.862 bits per heavy atom. The molecule has 0 N–H and O–H groups in total. The van der Waals surface area contributed by atoms with E-state index in [0.29, 0.717) is 19.3 Å². The molecular weight excluding hydrogens is 409 g/mol. The van der Waals surface area contributed by atoms with Crippen LogP contribution in [0.3, 0.4) is 0 Å². The summed E-state index contributed by atoms with van der Waals surface area (Å²) in [7, 11) is 0. The van der Waals surface area contributed by atoms with Gasteiger partial charge in [0.2, 0.25) is 29.1 Å². The maximum atomic E-state index is 13.9. The van der Waals surface area contributed by atoms with E-state index in [-0.39, 0.29) is 12.1 Å². The molecule has 0 amide bonds. The molecule has 2 fully saturated rings. The van der Waals surface area contributed by atoms with Crippen LogP contribution in [0.2, 0.25) is 0 Å². The van der Waals surface area contributed by atoms with Crippen molar-refractivity contribution in [2.75, 3.05) is 0 Å². The number of hydrogen-bond acceptors (Lipinski definition) is 2. The summed E-state index contributed by atoms with van der Waals surface area (Å²) in [5.74, 6) is -11.3. The quantitative estimate of drug-likeness (QED) is 0.283. The first kappa shape index (κ1) is 20.1. The maximum absolute atomic E-state index is 13.9. The second-order valence-electron chi connectivity index (χ2n) is 7.46. The van der Waals surface area contributed by atoms with Crippen LogP contribution in [0.25, 0.3) is 0 Å². The van der Waals surface area contributed by atoms with Gasteiger partial charge < -0.3 is 9.64 Å². The first-order valence-electron chi connectivity index (χ1n) is 9.40. The monoisotopic (exact) mass is 427 g/mol. The molecule has 2 bridgehead atoms. The van der Waals surface area contributed by atoms with E-state index in [4.69, 9.17) is 17.0 Å². The lowest BCUT2D eigenvalue weighted by Gasteiger charge is -2.40. The Labute approximate surface area is 170 Å². The number of rotatable bonds is 4. The van der Waals surface area contributed by atoms with Crippen LogP contribution >= 0.6 is 12.2 Å². The molecule has 2 nitrogen and oxygen atoms in total. The minimum atomic E-state index is -2.19. The molecule has 0 spiro atoms. The molecule has 0 radical (unpaired) electrons. The summed E-state index contributed by atoms with van der Waals surface area (Å²) in [6.07, 6.45) is 2.48. The lowest BCUT2D eigenvalue weighted by atomic mass is 9.98. The first-order valence-corrected chi connectivity index (χ1v) is 9.80. The van der Waals surface area contributed by atoms with Crippen LogP contribution in [0.4, 0.5) is 22.0 Å². The normalized spacial score (nSPS) is 23.3. The highest BCUT2D eigenvalue weighted by Crippen LogP contribution is 2.39. The lowest BCUT2D eigenvalue weighted by Crippen LogP contribution is -2.49. The summed E-state index contributed by atoms with van der Waals surface area (Å²) in [6.45, 7) is 0. The fourth-order valence-corrected chi connectivity index (χ4v) is 4.81. The zero-order valence-corrected chi connectivity index (χ0v) is 16.1. The average molecular weight is 427 g/mol. The van der Waals surface area contributed by atoms with Crippen molar-refractivity contribution in [3.05, 3.63) is 65.0 Å². The van der Waals surface area contributed by atoms with Gasteiger partial charge in [0, 0.05) is 31.3 Å². The standard InChI is InChI=1S/C21H18F5NOS/c22-16-17(23)19(25)21(20(26)18(16)24)28-14-9-12-6-7-13(10-14)27(12)15(29)8-11-4-2-1-3-5-11/h1-5,12-14H,6-10H2. The third kappa shape index (κ3) is 3.70. The zero-order chi connectivity index (χ0) is 20.7. The number of fused-ring (bicyclic) bond motifs is 2. The van der Waals surface area contributed by atoms with E-state index in [9.17, 15) is 22.0 Å². The van der Waals surface area contributed by atoms with Gasteiger partial charge in [0.1, 0.15) is 6.10 Å². The molecule has 4 rings (SSSR count). The smallest absolute Gasteiger partial charge is 0.207 e. The highest BCUT2D eigenvalue weighted by molar-refractivity contribution is 7.80. The predicted molar refractivity (Wildman–Crippen MR) is 101 cm³/mol. The van der Waals surface area contributed by atoms with Crippen LogP contribution in [0.1, 0.15) is 31.2 Å². The largest absolute Gasteiger partial charge is 0.484 e. The zero-order valence-electron chi connectivity index (χ0n) is 15.3. The summed E-state index contributed by atoms with van der Waals surface area (Å²) in [5, 5.41) is 0. The third-order valence-corrected chi connectivity index (χ3v) is 5.99. The van der Waals surface area contributed by atoms with Crippen molar-refractivity contribution < 1.29 is 26.7 Å². The molecule has 2 saturated heterocycles. The Morgan fingerprint density at radius 3 is 1.93 bits per heavy atom. The van der Waals surface area contributed by atoms with Crippen molar-refractivity contribution in [1.29, 1.82) is 0 Å². The summed E-state index contributed by atoms with van der Waals surface area (Å²) in [4.78, 5) is 2.94. The number of ether oxygens (including phenoxy) is 1. The van der Waals surface area contributed by atoms with Crippen molar-refractivity contribution >= 4 is 17.2 Å². The molecule has 154 valence electrons. The van der Waals surface area contributed by atoms with Gasteiger partial charge in [-0.1, -0.05) is 42.5 Å². The molecule has 8 heteroatoms. The van der Waals surface area contributed by atoms with E-state index < -0.39 is 40.9 Å². The fraction of sp³-hybridized carbons (Fsp3) is 0.381. The molecule has 2 aromatic carbocycles. The topological polar surface area (TPSA) is 12.5 Å². The molecule has 2 heterocycles. The maximum Gasteiger partial charge on any atom is 0.207 e. The number of piperidine rings is 1. The van der Waals surface area contributed by atoms with Crippen molar-refractivity contribution in [2.45, 2.75) is 50.3 Å². The number of hydrogen-bond donors (Lipinski definition) is 0. The van der Waals surface area contributed by atoms with Gasteiger partial charge in [-0.25, -0.2) is 13.2 Å². The van der Waals surface area contributed by atoms with Crippen LogP contribution in [-0.2, 0) is 6.42 Å². The Hall–Kier alpha value is -2.22. The third-order valence-electron chi connectivity index (χ3n) is 5.63. The Morgan fingerprint density at radius 2 is 1.38 bits per heavy atom. The highest BCUT2D eigenvalue weighted by Gasteiger charge is 2.43. The van der Waals surface area contributed by atoms with Gasteiger partial charge >= 0.3 is 0 Å². The van der Waals surface area contributed by atoms with Crippen LogP contribution in [0.5, 0.6) is 5.75 Å². The van der Waals surface area contributed by atoms with Crippen molar-refractivity contribution in [2.24, 2.45) is 0 Å². The second-order valence-corrected chi connectivity index (χ2v) is 7.93. The molecule has 0 aliphatic carbocycles. The van der Waals surface area contributed by atoms with Gasteiger partial charge in [0.05, 0.1) is 4.99 Å². The summed E-state index contributed by atoms with van der Waals surface area (Å²) < 4.78 is 73.3. The van der Waals surface area contributed by atoms with Gasteiger partial charge in [-0.3, -0.25) is 0 Å². The summed E-state index contributed by atoms with van der Waals surface area (Å²) in [5.41, 5.74) is 1.09.